The second kappa shape index (κ2) is 6.43. The SMILES string of the molecule is CC.CN1CCSCC1. The van der Waals surface area contributed by atoms with Crippen molar-refractivity contribution in [2.45, 2.75) is 13.8 Å². The maximum atomic E-state index is 2.37. The maximum Gasteiger partial charge on any atom is 0.00696 e. The van der Waals surface area contributed by atoms with Gasteiger partial charge >= 0.3 is 0 Å². The van der Waals surface area contributed by atoms with Gasteiger partial charge in [-0.3, -0.25) is 0 Å². The van der Waals surface area contributed by atoms with Crippen molar-refractivity contribution in [3.8, 4) is 0 Å². The van der Waals surface area contributed by atoms with Crippen molar-refractivity contribution in [2.75, 3.05) is 31.6 Å². The van der Waals surface area contributed by atoms with Gasteiger partial charge in [0.1, 0.15) is 0 Å². The van der Waals surface area contributed by atoms with E-state index in [1.165, 1.54) is 24.6 Å². The van der Waals surface area contributed by atoms with E-state index >= 15 is 0 Å². The molecular formula is C7H17NS. The lowest BCUT2D eigenvalue weighted by Gasteiger charge is -2.20. The van der Waals surface area contributed by atoms with Crippen molar-refractivity contribution in [1.29, 1.82) is 0 Å². The van der Waals surface area contributed by atoms with Crippen LogP contribution in [0.25, 0.3) is 0 Å². The monoisotopic (exact) mass is 147 g/mol. The van der Waals surface area contributed by atoms with Crippen LogP contribution in [0.3, 0.4) is 0 Å². The zero-order valence-corrected chi connectivity index (χ0v) is 7.50. The predicted octanol–water partition coefficient (Wildman–Crippen LogP) is 1.69. The molecule has 1 nitrogen and oxygen atoms in total. The number of hydrogen-bond donors (Lipinski definition) is 0. The van der Waals surface area contributed by atoms with Gasteiger partial charge in [0.15, 0.2) is 0 Å². The standard InChI is InChI=1S/C5H11NS.C2H6/c1-6-2-4-7-5-3-6;1-2/h2-5H2,1H3;1-2H3. The van der Waals surface area contributed by atoms with Gasteiger partial charge in [-0.25, -0.2) is 0 Å². The molecule has 2 heteroatoms. The highest BCUT2D eigenvalue weighted by Gasteiger charge is 2.02. The Kier molecular flexibility index (Phi) is 6.65. The Morgan fingerprint density at radius 1 is 1.11 bits per heavy atom. The molecule has 1 saturated heterocycles. The lowest BCUT2D eigenvalue weighted by molar-refractivity contribution is 0.372. The van der Waals surface area contributed by atoms with Crippen molar-refractivity contribution >= 4 is 11.8 Å². The third-order valence-electron chi connectivity index (χ3n) is 1.23. The summed E-state index contributed by atoms with van der Waals surface area (Å²) in [6, 6.07) is 0. The Labute approximate surface area is 62.8 Å². The zero-order chi connectivity index (χ0) is 7.11. The molecule has 0 aromatic rings. The molecule has 56 valence electrons. The van der Waals surface area contributed by atoms with Crippen LogP contribution in [0.5, 0.6) is 0 Å². The normalized spacial score (nSPS) is 20.3. The third-order valence-corrected chi connectivity index (χ3v) is 2.18. The van der Waals surface area contributed by atoms with E-state index in [9.17, 15) is 0 Å². The summed E-state index contributed by atoms with van der Waals surface area (Å²) in [6.07, 6.45) is 0. The highest BCUT2D eigenvalue weighted by molar-refractivity contribution is 7.99. The van der Waals surface area contributed by atoms with E-state index in [1.54, 1.807) is 0 Å². The Hall–Kier alpha value is 0.310. The Balaban J connectivity index is 0.000000291. The highest BCUT2D eigenvalue weighted by atomic mass is 32.2. The van der Waals surface area contributed by atoms with Crippen molar-refractivity contribution in [1.82, 2.24) is 4.90 Å². The molecule has 1 fully saturated rings. The topological polar surface area (TPSA) is 3.24 Å². The van der Waals surface area contributed by atoms with Gasteiger partial charge in [0.05, 0.1) is 0 Å². The first-order valence-corrected chi connectivity index (χ1v) is 4.81. The molecule has 0 bridgehead atoms. The quantitative estimate of drug-likeness (QED) is 0.513. The molecule has 0 radical (unpaired) electrons. The lowest BCUT2D eigenvalue weighted by Crippen LogP contribution is -2.28. The minimum atomic E-state index is 1.28. The van der Waals surface area contributed by atoms with Gasteiger partial charge in [-0.15, -0.1) is 0 Å². The number of rotatable bonds is 0. The van der Waals surface area contributed by atoms with Crippen molar-refractivity contribution in [2.24, 2.45) is 0 Å². The molecule has 0 aromatic carbocycles. The van der Waals surface area contributed by atoms with Crippen molar-refractivity contribution in [3.05, 3.63) is 0 Å². The fraction of sp³-hybridized carbons (Fsp3) is 1.00. The average molecular weight is 147 g/mol. The van der Waals surface area contributed by atoms with Crippen LogP contribution in [-0.2, 0) is 0 Å². The smallest absolute Gasteiger partial charge is 0.00696 e. The minimum absolute atomic E-state index is 1.28. The van der Waals surface area contributed by atoms with Crippen LogP contribution in [0.2, 0.25) is 0 Å². The van der Waals surface area contributed by atoms with Crippen LogP contribution in [-0.4, -0.2) is 36.5 Å². The van der Waals surface area contributed by atoms with Gasteiger partial charge < -0.3 is 4.90 Å². The third kappa shape index (κ3) is 4.79. The van der Waals surface area contributed by atoms with Crippen LogP contribution >= 0.6 is 11.8 Å². The second-order valence-corrected chi connectivity index (χ2v) is 3.14. The Bertz CT molecular complexity index is 50.9. The summed E-state index contributed by atoms with van der Waals surface area (Å²) in [5.74, 6) is 2.66. The van der Waals surface area contributed by atoms with Crippen molar-refractivity contribution < 1.29 is 0 Å². The van der Waals surface area contributed by atoms with Gasteiger partial charge in [0.2, 0.25) is 0 Å². The largest absolute Gasteiger partial charge is 0.305 e. The fourth-order valence-corrected chi connectivity index (χ4v) is 1.74. The maximum absolute atomic E-state index is 2.37. The van der Waals surface area contributed by atoms with Crippen LogP contribution in [0.15, 0.2) is 0 Å². The molecule has 9 heavy (non-hydrogen) atoms. The fourth-order valence-electron chi connectivity index (χ4n) is 0.655. The summed E-state index contributed by atoms with van der Waals surface area (Å²) in [5, 5.41) is 0. The molecule has 0 atom stereocenters. The van der Waals surface area contributed by atoms with Crippen LogP contribution in [0.1, 0.15) is 13.8 Å². The first kappa shape index (κ1) is 9.31. The van der Waals surface area contributed by atoms with E-state index in [2.05, 4.69) is 23.7 Å². The van der Waals surface area contributed by atoms with Crippen LogP contribution in [0.4, 0.5) is 0 Å². The highest BCUT2D eigenvalue weighted by Crippen LogP contribution is 2.05. The molecule has 1 aliphatic rings. The first-order valence-electron chi connectivity index (χ1n) is 3.66. The summed E-state index contributed by atoms with van der Waals surface area (Å²) >= 11 is 2.06. The van der Waals surface area contributed by atoms with E-state index in [0.29, 0.717) is 0 Å². The lowest BCUT2D eigenvalue weighted by atomic mass is 10.6. The summed E-state index contributed by atoms with van der Waals surface area (Å²) in [7, 11) is 2.18. The minimum Gasteiger partial charge on any atom is -0.305 e. The zero-order valence-electron chi connectivity index (χ0n) is 6.68. The number of thioether (sulfide) groups is 1. The molecule has 0 spiro atoms. The summed E-state index contributed by atoms with van der Waals surface area (Å²) in [5.41, 5.74) is 0. The van der Waals surface area contributed by atoms with Crippen LogP contribution < -0.4 is 0 Å². The van der Waals surface area contributed by atoms with Gasteiger partial charge in [-0.1, -0.05) is 13.8 Å². The van der Waals surface area contributed by atoms with E-state index in [-0.39, 0.29) is 0 Å². The Morgan fingerprint density at radius 3 is 1.78 bits per heavy atom. The average Bonchev–Trinajstić information content (AvgIpc) is 1.94. The summed E-state index contributed by atoms with van der Waals surface area (Å²) in [4.78, 5) is 2.37. The molecule has 1 rings (SSSR count). The number of hydrogen-bond acceptors (Lipinski definition) is 2. The van der Waals surface area contributed by atoms with E-state index < -0.39 is 0 Å². The summed E-state index contributed by atoms with van der Waals surface area (Å²) in [6.45, 7) is 6.56. The molecular weight excluding hydrogens is 130 g/mol. The first-order chi connectivity index (χ1) is 4.39. The van der Waals surface area contributed by atoms with Gasteiger partial charge in [-0.05, 0) is 7.05 Å². The van der Waals surface area contributed by atoms with Gasteiger partial charge in [0, 0.05) is 24.6 Å². The molecule has 0 aliphatic carbocycles. The molecule has 0 unspecified atom stereocenters. The molecule has 0 saturated carbocycles. The molecule has 0 aromatic heterocycles. The van der Waals surface area contributed by atoms with E-state index in [4.69, 9.17) is 0 Å². The van der Waals surface area contributed by atoms with Crippen LogP contribution in [0, 0.1) is 0 Å². The van der Waals surface area contributed by atoms with Gasteiger partial charge in [-0.2, -0.15) is 11.8 Å². The summed E-state index contributed by atoms with van der Waals surface area (Å²) < 4.78 is 0. The predicted molar refractivity (Wildman–Crippen MR) is 46.2 cm³/mol. The van der Waals surface area contributed by atoms with Crippen molar-refractivity contribution in [3.63, 3.8) is 0 Å². The number of nitrogens with zero attached hydrogens (tertiary/aromatic N) is 1. The Morgan fingerprint density at radius 2 is 1.56 bits per heavy atom. The molecule has 1 aliphatic heterocycles. The molecule has 1 heterocycles. The van der Waals surface area contributed by atoms with Gasteiger partial charge in [0.25, 0.3) is 0 Å². The van der Waals surface area contributed by atoms with E-state index in [1.807, 2.05) is 13.8 Å². The molecule has 0 amide bonds. The van der Waals surface area contributed by atoms with E-state index in [0.717, 1.165) is 0 Å². The molecule has 0 N–H and O–H groups in total. The second-order valence-electron chi connectivity index (χ2n) is 1.92.